The lowest BCUT2D eigenvalue weighted by Gasteiger charge is -2.27. The fraction of sp³-hybridized carbons (Fsp3) is 0.286. The number of aliphatic carboxylic acids is 1. The third-order valence-corrected chi connectivity index (χ3v) is 5.07. The molecule has 2 heterocycles. The number of carboxylic acids is 1. The Labute approximate surface area is 162 Å². The summed E-state index contributed by atoms with van der Waals surface area (Å²) in [4.78, 5) is 28.6. The third kappa shape index (κ3) is 3.36. The summed E-state index contributed by atoms with van der Waals surface area (Å²) in [5.41, 5.74) is 2.20. The summed E-state index contributed by atoms with van der Waals surface area (Å²) < 4.78 is 7.38. The minimum Gasteiger partial charge on any atom is -0.481 e. The molecule has 0 spiro atoms. The second kappa shape index (κ2) is 7.09. The molecule has 4 rings (SSSR count). The van der Waals surface area contributed by atoms with Crippen molar-refractivity contribution < 1.29 is 19.4 Å². The van der Waals surface area contributed by atoms with Gasteiger partial charge < -0.3 is 15.2 Å². The van der Waals surface area contributed by atoms with Crippen LogP contribution in [0.1, 0.15) is 29.0 Å². The standard InChI is InChI=1S/C21H21N3O4/c1-14-22-17-11-15(7-8-18(17)24(14)16-5-3-2-4-6-16)20(27)23-21(12-19(25)26)9-10-28-13-21/h2-8,11H,9-10,12-13H2,1H3,(H,23,27)(H,25,26). The van der Waals surface area contributed by atoms with Crippen LogP contribution in [0.4, 0.5) is 0 Å². The number of imidazole rings is 1. The van der Waals surface area contributed by atoms with Gasteiger partial charge in [0, 0.05) is 17.9 Å². The monoisotopic (exact) mass is 379 g/mol. The lowest BCUT2D eigenvalue weighted by atomic mass is 9.93. The van der Waals surface area contributed by atoms with Crippen molar-refractivity contribution in [1.29, 1.82) is 0 Å². The Balaban J connectivity index is 1.65. The molecule has 0 aliphatic carbocycles. The molecular weight excluding hydrogens is 358 g/mol. The minimum absolute atomic E-state index is 0.164. The van der Waals surface area contributed by atoms with E-state index in [2.05, 4.69) is 10.3 Å². The summed E-state index contributed by atoms with van der Waals surface area (Å²) in [6.45, 7) is 2.56. The first kappa shape index (κ1) is 18.2. The van der Waals surface area contributed by atoms with E-state index in [-0.39, 0.29) is 18.9 Å². The smallest absolute Gasteiger partial charge is 0.305 e. The Kier molecular flexibility index (Phi) is 4.60. The zero-order valence-electron chi connectivity index (χ0n) is 15.5. The molecule has 1 saturated heterocycles. The Morgan fingerprint density at radius 1 is 1.25 bits per heavy atom. The molecule has 28 heavy (non-hydrogen) atoms. The van der Waals surface area contributed by atoms with Crippen molar-refractivity contribution >= 4 is 22.9 Å². The zero-order chi connectivity index (χ0) is 19.7. The number of fused-ring (bicyclic) bond motifs is 1. The minimum atomic E-state index is -0.960. The van der Waals surface area contributed by atoms with E-state index in [4.69, 9.17) is 4.74 Å². The molecule has 1 aliphatic heterocycles. The molecule has 1 amide bonds. The van der Waals surface area contributed by atoms with Gasteiger partial charge >= 0.3 is 5.97 Å². The number of hydrogen-bond donors (Lipinski definition) is 2. The highest BCUT2D eigenvalue weighted by Crippen LogP contribution is 2.25. The topological polar surface area (TPSA) is 93.5 Å². The van der Waals surface area contributed by atoms with Crippen molar-refractivity contribution in [3.8, 4) is 5.69 Å². The molecule has 1 atom stereocenters. The maximum Gasteiger partial charge on any atom is 0.305 e. The van der Waals surface area contributed by atoms with Gasteiger partial charge in [0.2, 0.25) is 0 Å². The van der Waals surface area contributed by atoms with E-state index in [1.165, 1.54) is 0 Å². The van der Waals surface area contributed by atoms with Crippen LogP contribution >= 0.6 is 0 Å². The normalized spacial score (nSPS) is 19.0. The number of benzene rings is 2. The number of amides is 1. The molecule has 144 valence electrons. The number of carboxylic acid groups (broad SMARTS) is 1. The van der Waals surface area contributed by atoms with Gasteiger partial charge in [-0.05, 0) is 43.7 Å². The first-order chi connectivity index (χ1) is 13.5. The van der Waals surface area contributed by atoms with Crippen molar-refractivity contribution in [3.63, 3.8) is 0 Å². The molecule has 1 unspecified atom stereocenters. The van der Waals surface area contributed by atoms with Crippen LogP contribution in [0.2, 0.25) is 0 Å². The number of ether oxygens (including phenoxy) is 1. The summed E-state index contributed by atoms with van der Waals surface area (Å²) in [6.07, 6.45) is 0.317. The summed E-state index contributed by atoms with van der Waals surface area (Å²) >= 11 is 0. The van der Waals surface area contributed by atoms with E-state index in [0.29, 0.717) is 24.1 Å². The maximum absolute atomic E-state index is 12.8. The lowest BCUT2D eigenvalue weighted by molar-refractivity contribution is -0.138. The van der Waals surface area contributed by atoms with Crippen molar-refractivity contribution in [3.05, 3.63) is 59.9 Å². The highest BCUT2D eigenvalue weighted by Gasteiger charge is 2.38. The van der Waals surface area contributed by atoms with Crippen LogP contribution < -0.4 is 5.32 Å². The Morgan fingerprint density at radius 2 is 2.04 bits per heavy atom. The van der Waals surface area contributed by atoms with Gasteiger partial charge in [-0.15, -0.1) is 0 Å². The summed E-state index contributed by atoms with van der Waals surface area (Å²) in [5.74, 6) is -0.454. The molecule has 0 saturated carbocycles. The predicted octanol–water partition coefficient (Wildman–Crippen LogP) is 2.70. The van der Waals surface area contributed by atoms with Crippen LogP contribution in [0.3, 0.4) is 0 Å². The fourth-order valence-corrected chi connectivity index (χ4v) is 3.74. The van der Waals surface area contributed by atoms with Gasteiger partial charge in [-0.3, -0.25) is 14.2 Å². The van der Waals surface area contributed by atoms with E-state index >= 15 is 0 Å². The quantitative estimate of drug-likeness (QED) is 0.711. The summed E-state index contributed by atoms with van der Waals surface area (Å²) in [5, 5.41) is 12.1. The van der Waals surface area contributed by atoms with Crippen LogP contribution in [0, 0.1) is 6.92 Å². The molecule has 1 aromatic heterocycles. The first-order valence-electron chi connectivity index (χ1n) is 9.14. The number of hydrogen-bond acceptors (Lipinski definition) is 4. The van der Waals surface area contributed by atoms with E-state index < -0.39 is 11.5 Å². The molecular formula is C21H21N3O4. The zero-order valence-corrected chi connectivity index (χ0v) is 15.5. The van der Waals surface area contributed by atoms with Gasteiger partial charge in [0.25, 0.3) is 5.91 Å². The second-order valence-electron chi connectivity index (χ2n) is 7.14. The number of carbonyl (C=O) groups excluding carboxylic acids is 1. The number of nitrogens with one attached hydrogen (secondary N) is 1. The number of aromatic nitrogens is 2. The molecule has 7 heteroatoms. The van der Waals surface area contributed by atoms with Gasteiger partial charge in [0.1, 0.15) is 5.82 Å². The van der Waals surface area contributed by atoms with Gasteiger partial charge in [-0.1, -0.05) is 18.2 Å². The summed E-state index contributed by atoms with van der Waals surface area (Å²) in [7, 11) is 0. The largest absolute Gasteiger partial charge is 0.481 e. The summed E-state index contributed by atoms with van der Waals surface area (Å²) in [6, 6.07) is 15.2. The number of aryl methyl sites for hydroxylation is 1. The van der Waals surface area contributed by atoms with Crippen LogP contribution in [0.25, 0.3) is 16.7 Å². The van der Waals surface area contributed by atoms with Gasteiger partial charge in [-0.2, -0.15) is 0 Å². The molecule has 3 aromatic rings. The molecule has 1 fully saturated rings. The molecule has 0 bridgehead atoms. The van der Waals surface area contributed by atoms with Crippen molar-refractivity contribution in [2.45, 2.75) is 25.3 Å². The number of carbonyl (C=O) groups is 2. The number of nitrogens with zero attached hydrogens (tertiary/aromatic N) is 2. The second-order valence-corrected chi connectivity index (χ2v) is 7.14. The van der Waals surface area contributed by atoms with Crippen LogP contribution in [-0.4, -0.2) is 45.3 Å². The molecule has 1 aliphatic rings. The SMILES string of the molecule is Cc1nc2cc(C(=O)NC3(CC(=O)O)CCOC3)ccc2n1-c1ccccc1. The highest BCUT2D eigenvalue weighted by molar-refractivity contribution is 5.98. The first-order valence-corrected chi connectivity index (χ1v) is 9.14. The highest BCUT2D eigenvalue weighted by atomic mass is 16.5. The van der Waals surface area contributed by atoms with Gasteiger partial charge in [0.15, 0.2) is 0 Å². The van der Waals surface area contributed by atoms with E-state index in [1.807, 2.05) is 47.9 Å². The van der Waals surface area contributed by atoms with Crippen LogP contribution in [-0.2, 0) is 9.53 Å². The van der Waals surface area contributed by atoms with Crippen molar-refractivity contribution in [2.24, 2.45) is 0 Å². The molecule has 2 N–H and O–H groups in total. The number of rotatable bonds is 5. The lowest BCUT2D eigenvalue weighted by Crippen LogP contribution is -2.50. The third-order valence-electron chi connectivity index (χ3n) is 5.07. The predicted molar refractivity (Wildman–Crippen MR) is 104 cm³/mol. The molecule has 0 radical (unpaired) electrons. The van der Waals surface area contributed by atoms with E-state index in [1.54, 1.807) is 12.1 Å². The maximum atomic E-state index is 12.8. The van der Waals surface area contributed by atoms with E-state index in [9.17, 15) is 14.7 Å². The average Bonchev–Trinajstić information content (AvgIpc) is 3.24. The van der Waals surface area contributed by atoms with Gasteiger partial charge in [0.05, 0.1) is 29.6 Å². The average molecular weight is 379 g/mol. The van der Waals surface area contributed by atoms with Crippen LogP contribution in [0.5, 0.6) is 0 Å². The Hall–Kier alpha value is -3.19. The Bertz CT molecular complexity index is 1040. The van der Waals surface area contributed by atoms with Crippen LogP contribution in [0.15, 0.2) is 48.5 Å². The van der Waals surface area contributed by atoms with Crippen molar-refractivity contribution in [1.82, 2.24) is 14.9 Å². The Morgan fingerprint density at radius 3 is 2.71 bits per heavy atom. The van der Waals surface area contributed by atoms with Gasteiger partial charge in [-0.25, -0.2) is 4.98 Å². The molecule has 7 nitrogen and oxygen atoms in total. The molecule has 2 aromatic carbocycles. The fourth-order valence-electron chi connectivity index (χ4n) is 3.74. The van der Waals surface area contributed by atoms with Crippen molar-refractivity contribution in [2.75, 3.05) is 13.2 Å². The van der Waals surface area contributed by atoms with E-state index in [0.717, 1.165) is 17.0 Å². The number of para-hydroxylation sites is 1.